The van der Waals surface area contributed by atoms with Gasteiger partial charge in [-0.15, -0.1) is 0 Å². The highest BCUT2D eigenvalue weighted by Gasteiger charge is 2.31. The molecular weight excluding hydrogens is 1610 g/mol. The number of esters is 1. The highest BCUT2D eigenvalue weighted by Crippen LogP contribution is 2.35. The third-order valence-electron chi connectivity index (χ3n) is 17.1. The second-order valence-corrected chi connectivity index (χ2v) is 40.5. The molecule has 0 saturated heterocycles. The topological polar surface area (TPSA) is 90.9 Å². The monoisotopic (exact) mass is 1790 g/mol. The first-order valence-electron chi connectivity index (χ1n) is 45.5. The van der Waals surface area contributed by atoms with E-state index in [1.54, 1.807) is 24.3 Å². The van der Waals surface area contributed by atoms with E-state index in [9.17, 15) is 18.0 Å². The number of halogens is 3. The smallest absolute Gasteiger partial charge is 0.338 e. The van der Waals surface area contributed by atoms with Crippen molar-refractivity contribution in [3.8, 4) is 40.2 Å². The fourth-order valence-corrected chi connectivity index (χ4v) is 9.13. The molecule has 0 heterocycles. The molecule has 0 aliphatic heterocycles. The van der Waals surface area contributed by atoms with Gasteiger partial charge < -0.3 is 37.9 Å². The van der Waals surface area contributed by atoms with Crippen LogP contribution in [0, 0.1) is 0 Å². The molecule has 7 aromatic rings. The number of ether oxygens (including phenoxy) is 8. The molecule has 0 aromatic heterocycles. The molecule has 2 aliphatic carbocycles. The van der Waals surface area contributed by atoms with Crippen molar-refractivity contribution in [1.29, 1.82) is 0 Å². The summed E-state index contributed by atoms with van der Waals surface area (Å²) in [7, 11) is 11.0. The zero-order valence-electron chi connectivity index (χ0n) is 83.1. The van der Waals surface area contributed by atoms with Gasteiger partial charge in [0.05, 0.1) is 33.7 Å². The highest BCUT2D eigenvalue weighted by molar-refractivity contribution is 6.09. The molecule has 9 nitrogen and oxygen atoms in total. The van der Waals surface area contributed by atoms with Gasteiger partial charge in [-0.2, -0.15) is 0 Å². The van der Waals surface area contributed by atoms with Gasteiger partial charge in [0.25, 0.3) is 0 Å². The third-order valence-corrected chi connectivity index (χ3v) is 23.8. The number of alkyl halides is 3. The molecule has 120 heavy (non-hydrogen) atoms. The summed E-state index contributed by atoms with van der Waals surface area (Å²) in [6.07, 6.45) is 21.3. The Kier molecular flexibility index (Phi) is 88.7. The van der Waals surface area contributed by atoms with E-state index in [0.29, 0.717) is 33.7 Å². The van der Waals surface area contributed by atoms with Gasteiger partial charge in [0.2, 0.25) is 0 Å². The van der Waals surface area contributed by atoms with E-state index in [2.05, 4.69) is 96.9 Å². The maximum absolute atomic E-state index is 11.7. The molecule has 0 unspecified atom stereocenters. The molecule has 0 spiro atoms. The number of para-hydroxylation sites is 6. The van der Waals surface area contributed by atoms with Crippen molar-refractivity contribution in [2.75, 3.05) is 28.1 Å². The first kappa shape index (κ1) is 127. The zero-order chi connectivity index (χ0) is 93.1. The first-order valence-corrected chi connectivity index (χ1v) is 55.4. The molecule has 2 saturated carbocycles. The zero-order valence-corrected chi connectivity index (χ0v) is 97.1. The number of hydrogen-bond donors (Lipinski definition) is 0. The predicted molar refractivity (Wildman–Crippen MR) is 552 cm³/mol. The molecule has 0 bridgehead atoms. The van der Waals surface area contributed by atoms with Crippen LogP contribution in [0.4, 0.5) is 13.2 Å². The summed E-state index contributed by atoms with van der Waals surface area (Å²) in [6, 6.07) is 76.8. The van der Waals surface area contributed by atoms with Crippen LogP contribution in [0.15, 0.2) is 206 Å². The molecule has 0 N–H and O–H groups in total. The number of benzene rings is 7. The highest BCUT2D eigenvalue weighted by atomic mass is 28.2. The lowest BCUT2D eigenvalue weighted by Gasteiger charge is -2.25. The minimum absolute atomic E-state index is 0.0542. The average Bonchev–Trinajstić information content (AvgIpc) is 1.71. The van der Waals surface area contributed by atoms with Crippen molar-refractivity contribution in [2.24, 2.45) is 0 Å². The largest absolute Gasteiger partial charge is 0.488 e. The minimum atomic E-state index is -0.257. The van der Waals surface area contributed by atoms with E-state index >= 15 is 0 Å². The van der Waals surface area contributed by atoms with E-state index in [-0.39, 0.29) is 45.2 Å². The van der Waals surface area contributed by atoms with Crippen LogP contribution >= 0.6 is 0 Å². The van der Waals surface area contributed by atoms with Crippen LogP contribution in [-0.2, 0) is 4.74 Å². The van der Waals surface area contributed by atoms with E-state index in [1.165, 1.54) is 188 Å². The summed E-state index contributed by atoms with van der Waals surface area (Å²) in [5.41, 5.74) is 0.242. The number of hydrogen-bond acceptors (Lipinski definition) is 9. The SMILES string of the molecule is CC(C)(C)Oc1ccc(C(=O)OCCC[SiH3])cc1.CC(C)(C)Oc1ccccc1.CC(C)(C)Oc1ccccc1.CC1(Oc2ccccc2)CCCC1.CC1(Oc2ccccc2)CCCC1.CCC(C)(C)Oc1ccccc1.CCC(C)(C)Oc1ccccc1.CCC[SiH3].CCC[SiH3].CCC[SiH3].CCC[SiH3].CCC[SiH3].CCC[SiH3].CF.CF.CF. The number of carbonyl (C=O) groups is 1. The van der Waals surface area contributed by atoms with Crippen molar-refractivity contribution in [3.63, 3.8) is 0 Å². The van der Waals surface area contributed by atoms with Crippen molar-refractivity contribution in [2.45, 2.75) is 350 Å². The van der Waals surface area contributed by atoms with E-state index < -0.39 is 0 Å². The lowest BCUT2D eigenvalue weighted by Crippen LogP contribution is -2.27. The summed E-state index contributed by atoms with van der Waals surface area (Å²) >= 11 is 0. The normalized spacial score (nSPS) is 12.1. The summed E-state index contributed by atoms with van der Waals surface area (Å²) < 4.78 is 74.0. The first-order chi connectivity index (χ1) is 56.9. The molecule has 7 aromatic carbocycles. The molecular formula is C101H183F3O9Si7. The Balaban J connectivity index is -0.000000236. The Bertz CT molecular complexity index is 2970. The van der Waals surface area contributed by atoms with Crippen LogP contribution in [0.5, 0.6) is 40.2 Å². The van der Waals surface area contributed by atoms with E-state index in [1.807, 2.05) is 244 Å². The van der Waals surface area contributed by atoms with Gasteiger partial charge in [-0.05, 0) is 272 Å². The average molecular weight is 1800 g/mol. The van der Waals surface area contributed by atoms with Gasteiger partial charge in [-0.1, -0.05) is 245 Å². The van der Waals surface area contributed by atoms with Gasteiger partial charge in [0, 0.05) is 71.7 Å². The van der Waals surface area contributed by atoms with Crippen molar-refractivity contribution in [3.05, 3.63) is 212 Å². The quantitative estimate of drug-likeness (QED) is 0.0353. The van der Waals surface area contributed by atoms with E-state index in [4.69, 9.17) is 37.9 Å². The molecule has 0 amide bonds. The Morgan fingerprint density at radius 1 is 0.300 bits per heavy atom. The summed E-state index contributed by atoms with van der Waals surface area (Å²) in [5, 5.41) is 0. The van der Waals surface area contributed by atoms with Crippen molar-refractivity contribution < 1.29 is 55.9 Å². The second kappa shape index (κ2) is 83.8. The van der Waals surface area contributed by atoms with Crippen LogP contribution in [0.3, 0.4) is 0 Å². The maximum Gasteiger partial charge on any atom is 0.338 e. The fourth-order valence-electron chi connectivity index (χ4n) is 8.84. The standard InChI is InChI=1S/C14H22O3Si.2C12H16O.2C11H16O.2C10H14O.6C3H10Si.3CH3F/c1-14(2,3)17-12-7-5-11(6-8-12)13(15)16-9-4-10-18;2*1-12(9-5-6-10-12)13-11-7-3-2-4-8-11;2*1-4-11(2,3)12-10-8-6-5-7-9-10;2*1-10(2,3)11-9-7-5-4-6-8-9;6*1-2-3-4;3*1-2/h5-8H,4,9-10H2,1-3,18H3;2*2-4,7-8H,5-6,9-10H2,1H3;2*5-9H,4H2,1-3H3;2*4-8H,1-3H3;6*2-3H2,1,4H3;3*1H3. The number of carbonyl (C=O) groups excluding carboxylic acids is 1. The lowest BCUT2D eigenvalue weighted by atomic mass is 10.1. The Hall–Kier alpha value is -6.08. The van der Waals surface area contributed by atoms with Crippen LogP contribution < -0.4 is 33.2 Å². The summed E-state index contributed by atoms with van der Waals surface area (Å²) in [5.74, 6) is 6.28. The molecule has 19 heteroatoms. The summed E-state index contributed by atoms with van der Waals surface area (Å²) in [4.78, 5) is 11.7. The molecule has 690 valence electrons. The van der Waals surface area contributed by atoms with Gasteiger partial charge in [-0.3, -0.25) is 13.2 Å². The van der Waals surface area contributed by atoms with Gasteiger partial charge in [0.1, 0.15) is 79.5 Å². The van der Waals surface area contributed by atoms with Gasteiger partial charge in [0.15, 0.2) is 0 Å². The maximum atomic E-state index is 11.7. The predicted octanol–water partition coefficient (Wildman–Crippen LogP) is 24.1. The Morgan fingerprint density at radius 2 is 0.492 bits per heavy atom. The Morgan fingerprint density at radius 3 is 0.675 bits per heavy atom. The lowest BCUT2D eigenvalue weighted by molar-refractivity contribution is 0.0504. The molecule has 2 aliphatic rings. The molecule has 2 fully saturated rings. The van der Waals surface area contributed by atoms with Crippen LogP contribution in [0.25, 0.3) is 0 Å². The van der Waals surface area contributed by atoms with Crippen LogP contribution in [0.2, 0.25) is 42.3 Å². The molecule has 0 radical (unpaired) electrons. The fraction of sp³-hybridized carbons (Fsp3) is 0.574. The minimum Gasteiger partial charge on any atom is -0.488 e. The molecule has 9 rings (SSSR count). The second-order valence-electron chi connectivity index (χ2n) is 33.5. The van der Waals surface area contributed by atoms with Crippen LogP contribution in [0.1, 0.15) is 279 Å². The summed E-state index contributed by atoms with van der Waals surface area (Å²) in [6.45, 7) is 49.1. The van der Waals surface area contributed by atoms with E-state index in [0.717, 1.165) is 75.8 Å². The Labute approximate surface area is 758 Å². The van der Waals surface area contributed by atoms with Crippen LogP contribution in [-0.4, -0.2) is 145 Å². The third kappa shape index (κ3) is 86.8. The van der Waals surface area contributed by atoms with Crippen molar-refractivity contribution in [1.82, 2.24) is 0 Å². The van der Waals surface area contributed by atoms with Crippen molar-refractivity contribution >= 4 is 77.7 Å². The number of rotatable bonds is 23. The van der Waals surface area contributed by atoms with Gasteiger partial charge >= 0.3 is 5.97 Å². The van der Waals surface area contributed by atoms with Gasteiger partial charge in [-0.25, -0.2) is 4.79 Å². The molecule has 0 atom stereocenters.